The number of anilines is 1. The number of esters is 1. The second-order valence-corrected chi connectivity index (χ2v) is 4.82. The van der Waals surface area contributed by atoms with Crippen molar-refractivity contribution in [3.8, 4) is 0 Å². The van der Waals surface area contributed by atoms with Gasteiger partial charge in [-0.1, -0.05) is 0 Å². The van der Waals surface area contributed by atoms with Crippen molar-refractivity contribution >= 4 is 17.9 Å². The van der Waals surface area contributed by atoms with Crippen molar-refractivity contribution in [1.29, 1.82) is 0 Å². The number of benzene rings is 1. The summed E-state index contributed by atoms with van der Waals surface area (Å²) in [6.07, 6.45) is -3.29. The molecular weight excluding hydrogens is 287 g/mol. The number of nitrogens with two attached hydrogens (primary N) is 1. The minimum absolute atomic E-state index is 0.0216. The zero-order valence-electron chi connectivity index (χ0n) is 11.3. The molecule has 1 fully saturated rings. The van der Waals surface area contributed by atoms with Gasteiger partial charge in [-0.2, -0.15) is 13.2 Å². The first-order chi connectivity index (χ1) is 9.81. The van der Waals surface area contributed by atoms with E-state index in [1.54, 1.807) is 6.92 Å². The molecule has 1 aliphatic carbocycles. The molecule has 114 valence electrons. The smallest absolute Gasteiger partial charge is 0.417 e. The predicted octanol–water partition coefficient (Wildman–Crippen LogP) is 3.15. The summed E-state index contributed by atoms with van der Waals surface area (Å²) in [6, 6.07) is 0.600. The van der Waals surface area contributed by atoms with E-state index < -0.39 is 23.3 Å². The van der Waals surface area contributed by atoms with E-state index in [2.05, 4.69) is 0 Å². The summed E-state index contributed by atoms with van der Waals surface area (Å²) >= 11 is 0. The maximum Gasteiger partial charge on any atom is 0.417 e. The fourth-order valence-corrected chi connectivity index (χ4v) is 2.29. The molecule has 0 heterocycles. The highest BCUT2D eigenvalue weighted by Gasteiger charge is 2.40. The van der Waals surface area contributed by atoms with Crippen molar-refractivity contribution in [3.63, 3.8) is 0 Å². The van der Waals surface area contributed by atoms with Crippen molar-refractivity contribution in [3.05, 3.63) is 28.3 Å². The largest absolute Gasteiger partial charge is 0.462 e. The number of hydrogen-bond acceptors (Lipinski definition) is 4. The number of nitrogen functional groups attached to an aromatic ring is 1. The molecule has 0 radical (unpaired) electrons. The molecule has 0 aromatic heterocycles. The molecule has 21 heavy (non-hydrogen) atoms. The van der Waals surface area contributed by atoms with Crippen LogP contribution in [0, 0.1) is 0 Å². The number of halogens is 3. The van der Waals surface area contributed by atoms with Gasteiger partial charge in [0.15, 0.2) is 6.29 Å². The Kier molecular flexibility index (Phi) is 3.93. The molecule has 2 rings (SSSR count). The second kappa shape index (κ2) is 5.38. The summed E-state index contributed by atoms with van der Waals surface area (Å²) in [4.78, 5) is 22.9. The fraction of sp³-hybridized carbons (Fsp3) is 0.429. The Bertz CT molecular complexity index is 592. The van der Waals surface area contributed by atoms with Crippen molar-refractivity contribution < 1.29 is 27.5 Å². The Morgan fingerprint density at radius 2 is 2.10 bits per heavy atom. The highest BCUT2D eigenvalue weighted by Crippen LogP contribution is 2.48. The van der Waals surface area contributed by atoms with Crippen LogP contribution in [0.15, 0.2) is 6.07 Å². The zero-order chi connectivity index (χ0) is 15.8. The first-order valence-electron chi connectivity index (χ1n) is 6.47. The average Bonchev–Trinajstić information content (AvgIpc) is 3.20. The number of carbonyl (C=O) groups is 2. The average molecular weight is 301 g/mol. The standard InChI is InChI=1S/C14H14F3NO3/c1-2-21-13(20)8-5-10(14(15,16)17)9(6-19)11(12(8)18)7-3-4-7/h5-7H,2-4,18H2,1H3. The van der Waals surface area contributed by atoms with E-state index in [0.29, 0.717) is 18.9 Å². The van der Waals surface area contributed by atoms with Crippen LogP contribution in [0.1, 0.15) is 57.5 Å². The predicted molar refractivity (Wildman–Crippen MR) is 69.2 cm³/mol. The minimum atomic E-state index is -4.74. The number of hydrogen-bond donors (Lipinski definition) is 1. The number of aldehydes is 1. The Hall–Kier alpha value is -2.05. The number of rotatable bonds is 4. The molecule has 1 aromatic carbocycles. The molecule has 2 N–H and O–H groups in total. The molecule has 4 nitrogen and oxygen atoms in total. The van der Waals surface area contributed by atoms with Gasteiger partial charge >= 0.3 is 12.1 Å². The first-order valence-corrected chi connectivity index (χ1v) is 6.47. The van der Waals surface area contributed by atoms with E-state index in [9.17, 15) is 22.8 Å². The Labute approximate surface area is 119 Å². The summed E-state index contributed by atoms with van der Waals surface area (Å²) < 4.78 is 44.1. The molecule has 0 spiro atoms. The van der Waals surface area contributed by atoms with Crippen LogP contribution >= 0.6 is 0 Å². The topological polar surface area (TPSA) is 69.4 Å². The maximum atomic E-state index is 13.1. The molecule has 0 amide bonds. The number of carbonyl (C=O) groups excluding carboxylic acids is 2. The third kappa shape index (κ3) is 2.86. The Morgan fingerprint density at radius 1 is 1.48 bits per heavy atom. The molecule has 1 aromatic rings. The van der Waals surface area contributed by atoms with Gasteiger partial charge in [0.05, 0.1) is 23.4 Å². The van der Waals surface area contributed by atoms with Crippen LogP contribution in [-0.2, 0) is 10.9 Å². The normalized spacial score (nSPS) is 14.9. The van der Waals surface area contributed by atoms with Crippen LogP contribution in [0.3, 0.4) is 0 Å². The molecule has 1 saturated carbocycles. The molecular formula is C14H14F3NO3. The summed E-state index contributed by atoms with van der Waals surface area (Å²) in [5.41, 5.74) is 3.88. The summed E-state index contributed by atoms with van der Waals surface area (Å²) in [5, 5.41) is 0. The SMILES string of the molecule is CCOC(=O)c1cc(C(F)(F)F)c(C=O)c(C2CC2)c1N. The summed E-state index contributed by atoms with van der Waals surface area (Å²) in [5.74, 6) is -1.12. The van der Waals surface area contributed by atoms with Crippen LogP contribution < -0.4 is 5.73 Å². The van der Waals surface area contributed by atoms with Crippen molar-refractivity contribution in [2.24, 2.45) is 0 Å². The lowest BCUT2D eigenvalue weighted by atomic mass is 9.92. The lowest BCUT2D eigenvalue weighted by Crippen LogP contribution is -2.17. The molecule has 1 aliphatic rings. The summed E-state index contributed by atoms with van der Waals surface area (Å²) in [7, 11) is 0. The molecule has 0 unspecified atom stereocenters. The molecule has 0 atom stereocenters. The van der Waals surface area contributed by atoms with Gasteiger partial charge in [0.1, 0.15) is 0 Å². The summed E-state index contributed by atoms with van der Waals surface area (Å²) in [6.45, 7) is 1.56. The van der Waals surface area contributed by atoms with Gasteiger partial charge in [0, 0.05) is 5.56 Å². The first kappa shape index (κ1) is 15.3. The van der Waals surface area contributed by atoms with Crippen molar-refractivity contribution in [2.75, 3.05) is 12.3 Å². The monoisotopic (exact) mass is 301 g/mol. The lowest BCUT2D eigenvalue weighted by molar-refractivity contribution is -0.137. The van der Waals surface area contributed by atoms with Crippen LogP contribution in [0.2, 0.25) is 0 Å². The molecule has 0 saturated heterocycles. The van der Waals surface area contributed by atoms with E-state index >= 15 is 0 Å². The third-order valence-corrected chi connectivity index (χ3v) is 3.35. The quantitative estimate of drug-likeness (QED) is 0.527. The lowest BCUT2D eigenvalue weighted by Gasteiger charge is -2.18. The van der Waals surface area contributed by atoms with Gasteiger partial charge in [0.2, 0.25) is 0 Å². The molecule has 7 heteroatoms. The van der Waals surface area contributed by atoms with E-state index in [4.69, 9.17) is 10.5 Å². The van der Waals surface area contributed by atoms with Gasteiger partial charge in [-0.25, -0.2) is 4.79 Å². The Morgan fingerprint density at radius 3 is 2.52 bits per heavy atom. The highest BCUT2D eigenvalue weighted by molar-refractivity contribution is 5.99. The van der Waals surface area contributed by atoms with Crippen LogP contribution in [0.25, 0.3) is 0 Å². The molecule has 0 aliphatic heterocycles. The third-order valence-electron chi connectivity index (χ3n) is 3.35. The van der Waals surface area contributed by atoms with E-state index in [0.717, 1.165) is 0 Å². The van der Waals surface area contributed by atoms with E-state index in [1.165, 1.54) is 0 Å². The van der Waals surface area contributed by atoms with Gasteiger partial charge in [-0.3, -0.25) is 4.79 Å². The van der Waals surface area contributed by atoms with Gasteiger partial charge in [-0.05, 0) is 37.3 Å². The van der Waals surface area contributed by atoms with E-state index in [1.807, 2.05) is 0 Å². The van der Waals surface area contributed by atoms with Crippen LogP contribution in [-0.4, -0.2) is 18.9 Å². The van der Waals surface area contributed by atoms with Crippen LogP contribution in [0.5, 0.6) is 0 Å². The van der Waals surface area contributed by atoms with Crippen molar-refractivity contribution in [1.82, 2.24) is 0 Å². The van der Waals surface area contributed by atoms with Crippen molar-refractivity contribution in [2.45, 2.75) is 31.9 Å². The fourth-order valence-electron chi connectivity index (χ4n) is 2.29. The van der Waals surface area contributed by atoms with Gasteiger partial charge < -0.3 is 10.5 Å². The highest BCUT2D eigenvalue weighted by atomic mass is 19.4. The zero-order valence-corrected chi connectivity index (χ0v) is 11.3. The second-order valence-electron chi connectivity index (χ2n) is 4.82. The van der Waals surface area contributed by atoms with Gasteiger partial charge in [-0.15, -0.1) is 0 Å². The van der Waals surface area contributed by atoms with Gasteiger partial charge in [0.25, 0.3) is 0 Å². The van der Waals surface area contributed by atoms with E-state index in [-0.39, 0.29) is 35.6 Å². The van der Waals surface area contributed by atoms with Crippen LogP contribution in [0.4, 0.5) is 18.9 Å². The molecule has 0 bridgehead atoms. The maximum absolute atomic E-state index is 13.1. The Balaban J connectivity index is 2.71. The number of ether oxygens (including phenoxy) is 1. The number of alkyl halides is 3. The minimum Gasteiger partial charge on any atom is -0.462 e.